The summed E-state index contributed by atoms with van der Waals surface area (Å²) >= 11 is 6.57. The maximum atomic E-state index is 13.8. The maximum Gasteiger partial charge on any atom is 0.349 e. The molecule has 9 heteroatoms. The summed E-state index contributed by atoms with van der Waals surface area (Å²) in [5, 5.41) is 8.07. The molecule has 8 nitrogen and oxygen atoms in total. The van der Waals surface area contributed by atoms with Gasteiger partial charge in [0, 0.05) is 11.3 Å². The van der Waals surface area contributed by atoms with E-state index in [1.165, 1.54) is 4.52 Å². The van der Waals surface area contributed by atoms with Crippen molar-refractivity contribution in [2.75, 3.05) is 13.7 Å². The first-order chi connectivity index (χ1) is 18.8. The van der Waals surface area contributed by atoms with Crippen LogP contribution in [-0.2, 0) is 13.0 Å². The van der Waals surface area contributed by atoms with Crippen molar-refractivity contribution in [2.45, 2.75) is 52.6 Å². The second-order valence-corrected chi connectivity index (χ2v) is 10.2. The fraction of sp³-hybridized carbons (Fsp3) is 0.367. The molecule has 4 rings (SSSR count). The fourth-order valence-electron chi connectivity index (χ4n) is 4.80. The molecule has 0 aliphatic rings. The van der Waals surface area contributed by atoms with E-state index in [9.17, 15) is 9.59 Å². The summed E-state index contributed by atoms with van der Waals surface area (Å²) in [6, 6.07) is 16.6. The van der Waals surface area contributed by atoms with Gasteiger partial charge in [-0.1, -0.05) is 62.2 Å². The molecule has 0 fully saturated rings. The van der Waals surface area contributed by atoms with E-state index in [1.807, 2.05) is 42.5 Å². The molecule has 0 radical (unpaired) electrons. The van der Waals surface area contributed by atoms with Crippen molar-refractivity contribution in [2.24, 2.45) is 11.7 Å². The van der Waals surface area contributed by atoms with E-state index >= 15 is 0 Å². The Balaban J connectivity index is 1.84. The molecule has 0 saturated carbocycles. The maximum absolute atomic E-state index is 13.8. The molecular formula is C30H36ClN5O3. The lowest BCUT2D eigenvalue weighted by Crippen LogP contribution is -2.39. The summed E-state index contributed by atoms with van der Waals surface area (Å²) in [6.07, 6.45) is 2.18. The topological polar surface area (TPSA) is 104 Å². The number of methoxy groups -OCH3 is 1. The molecular weight excluding hydrogens is 514 g/mol. The lowest BCUT2D eigenvalue weighted by atomic mass is 9.94. The Morgan fingerprint density at radius 3 is 2.59 bits per heavy atom. The average molecular weight is 550 g/mol. The van der Waals surface area contributed by atoms with E-state index < -0.39 is 6.04 Å². The van der Waals surface area contributed by atoms with Crippen molar-refractivity contribution >= 4 is 23.0 Å². The second kappa shape index (κ2) is 12.5. The van der Waals surface area contributed by atoms with Crippen LogP contribution in [0.4, 0.5) is 0 Å². The summed E-state index contributed by atoms with van der Waals surface area (Å²) in [5.41, 5.74) is 9.62. The van der Waals surface area contributed by atoms with Crippen LogP contribution in [0.2, 0.25) is 5.02 Å². The van der Waals surface area contributed by atoms with E-state index in [2.05, 4.69) is 24.3 Å². The molecule has 4 aromatic rings. The lowest BCUT2D eigenvalue weighted by molar-refractivity contribution is 0.0919. The number of ether oxygens (including phenoxy) is 1. The minimum absolute atomic E-state index is 0.0198. The van der Waals surface area contributed by atoms with Gasteiger partial charge in [0.05, 0.1) is 35.9 Å². The van der Waals surface area contributed by atoms with E-state index in [-0.39, 0.29) is 17.5 Å². The number of benzene rings is 2. The highest BCUT2D eigenvalue weighted by molar-refractivity contribution is 6.34. The van der Waals surface area contributed by atoms with Crippen LogP contribution in [0.15, 0.2) is 59.4 Å². The summed E-state index contributed by atoms with van der Waals surface area (Å²) in [4.78, 5) is 27.6. The van der Waals surface area contributed by atoms with Crippen LogP contribution < -0.4 is 21.5 Å². The first kappa shape index (κ1) is 28.4. The number of nitrogens with one attached hydrogen (secondary N) is 1. The van der Waals surface area contributed by atoms with Gasteiger partial charge in [-0.25, -0.2) is 4.79 Å². The number of halogens is 1. The van der Waals surface area contributed by atoms with Crippen molar-refractivity contribution in [1.29, 1.82) is 0 Å². The quantitative estimate of drug-likeness (QED) is 0.276. The van der Waals surface area contributed by atoms with Gasteiger partial charge in [0.15, 0.2) is 0 Å². The smallest absolute Gasteiger partial charge is 0.349 e. The molecule has 0 bridgehead atoms. The fourth-order valence-corrected chi connectivity index (χ4v) is 4.97. The normalized spacial score (nSPS) is 12.9. The van der Waals surface area contributed by atoms with Gasteiger partial charge in [-0.05, 0) is 67.6 Å². The first-order valence-corrected chi connectivity index (χ1v) is 13.7. The second-order valence-electron chi connectivity index (χ2n) is 9.87. The number of hydrogen-bond acceptors (Lipinski definition) is 5. The van der Waals surface area contributed by atoms with Gasteiger partial charge in [0.25, 0.3) is 5.91 Å². The third kappa shape index (κ3) is 6.02. The van der Waals surface area contributed by atoms with Crippen molar-refractivity contribution in [3.05, 3.63) is 98.2 Å². The molecule has 2 atom stereocenters. The van der Waals surface area contributed by atoms with Gasteiger partial charge < -0.3 is 15.8 Å². The predicted octanol–water partition coefficient (Wildman–Crippen LogP) is 4.92. The molecule has 206 valence electrons. The molecule has 0 aliphatic heterocycles. The van der Waals surface area contributed by atoms with E-state index in [0.717, 1.165) is 24.0 Å². The van der Waals surface area contributed by atoms with E-state index in [0.29, 0.717) is 52.8 Å². The summed E-state index contributed by atoms with van der Waals surface area (Å²) in [6.45, 7) is 6.76. The number of carbonyl (C=O) groups is 1. The molecule has 3 N–H and O–H groups in total. The number of aryl methyl sites for hydroxylation is 2. The molecule has 0 saturated heterocycles. The van der Waals surface area contributed by atoms with Gasteiger partial charge in [-0.2, -0.15) is 9.61 Å². The highest BCUT2D eigenvalue weighted by Gasteiger charge is 2.27. The zero-order chi connectivity index (χ0) is 28.1. The molecule has 2 aromatic heterocycles. The Morgan fingerprint density at radius 2 is 1.92 bits per heavy atom. The van der Waals surface area contributed by atoms with Crippen molar-refractivity contribution in [3.63, 3.8) is 0 Å². The average Bonchev–Trinajstić information content (AvgIpc) is 3.25. The number of nitrogens with zero attached hydrogens (tertiary/aromatic N) is 3. The minimum Gasteiger partial charge on any atom is -0.497 e. The number of carbonyl (C=O) groups excluding carboxylic acids is 1. The van der Waals surface area contributed by atoms with Crippen LogP contribution in [0.25, 0.3) is 5.52 Å². The number of aromatic nitrogens is 3. The molecule has 2 unspecified atom stereocenters. The standard InChI is InChI=1S/C30H36ClN5O3/c1-5-19(2)28(33-29(37)24-14-13-23(39-4)16-22(24)12-9-15-32)26-17-25-27(31)20(3)34-36(25)30(38)35(26)18-21-10-7-6-8-11-21/h6-8,10-11,13-14,16-17,19,28H,5,9,12,15,18,32H2,1-4H3,(H,33,37). The Kier molecular flexibility index (Phi) is 9.09. The van der Waals surface area contributed by atoms with Crippen LogP contribution in [0.1, 0.15) is 65.6 Å². The predicted molar refractivity (Wildman–Crippen MR) is 155 cm³/mol. The van der Waals surface area contributed by atoms with Crippen LogP contribution in [0, 0.1) is 12.8 Å². The number of fused-ring (bicyclic) bond motifs is 1. The number of nitrogens with two attached hydrogens (primary N) is 1. The van der Waals surface area contributed by atoms with Crippen molar-refractivity contribution in [3.8, 4) is 5.75 Å². The summed E-state index contributed by atoms with van der Waals surface area (Å²) < 4.78 is 8.42. The van der Waals surface area contributed by atoms with Crippen LogP contribution >= 0.6 is 11.6 Å². The van der Waals surface area contributed by atoms with Crippen LogP contribution in [0.5, 0.6) is 5.75 Å². The Labute approximate surface area is 233 Å². The minimum atomic E-state index is -0.459. The number of amides is 1. The first-order valence-electron chi connectivity index (χ1n) is 13.3. The Bertz CT molecular complexity index is 1510. The van der Waals surface area contributed by atoms with Crippen molar-refractivity contribution in [1.82, 2.24) is 19.5 Å². The third-order valence-corrected chi connectivity index (χ3v) is 7.71. The highest BCUT2D eigenvalue weighted by atomic mass is 35.5. The van der Waals surface area contributed by atoms with Gasteiger partial charge in [0.1, 0.15) is 5.75 Å². The summed E-state index contributed by atoms with van der Waals surface area (Å²) in [7, 11) is 1.60. The van der Waals surface area contributed by atoms with Crippen LogP contribution in [0.3, 0.4) is 0 Å². The molecule has 0 spiro atoms. The Hall–Kier alpha value is -3.62. The monoisotopic (exact) mass is 549 g/mol. The van der Waals surface area contributed by atoms with Gasteiger partial charge >= 0.3 is 5.69 Å². The Morgan fingerprint density at radius 1 is 1.18 bits per heavy atom. The number of hydrogen-bond donors (Lipinski definition) is 2. The van der Waals surface area contributed by atoms with E-state index in [1.54, 1.807) is 30.7 Å². The van der Waals surface area contributed by atoms with Crippen molar-refractivity contribution < 1.29 is 9.53 Å². The van der Waals surface area contributed by atoms with Gasteiger partial charge in [-0.3, -0.25) is 9.36 Å². The molecule has 2 heterocycles. The SMILES string of the molecule is CCC(C)C(NC(=O)c1ccc(OC)cc1CCCN)c1cc2c(Cl)c(C)nn2c(=O)n1Cc1ccccc1. The van der Waals surface area contributed by atoms with Crippen LogP contribution in [-0.4, -0.2) is 33.7 Å². The molecule has 0 aliphatic carbocycles. The number of rotatable bonds is 11. The molecule has 1 amide bonds. The van der Waals surface area contributed by atoms with Gasteiger partial charge in [0.2, 0.25) is 0 Å². The highest BCUT2D eigenvalue weighted by Crippen LogP contribution is 2.29. The lowest BCUT2D eigenvalue weighted by Gasteiger charge is -2.28. The molecule has 2 aromatic carbocycles. The zero-order valence-electron chi connectivity index (χ0n) is 22.9. The zero-order valence-corrected chi connectivity index (χ0v) is 23.7. The third-order valence-electron chi connectivity index (χ3n) is 7.24. The largest absolute Gasteiger partial charge is 0.497 e. The summed E-state index contributed by atoms with van der Waals surface area (Å²) in [5.74, 6) is 0.487. The van der Waals surface area contributed by atoms with E-state index in [4.69, 9.17) is 22.1 Å². The molecule has 39 heavy (non-hydrogen) atoms. The van der Waals surface area contributed by atoms with Gasteiger partial charge in [-0.15, -0.1) is 0 Å².